The van der Waals surface area contributed by atoms with E-state index in [0.29, 0.717) is 12.8 Å². The van der Waals surface area contributed by atoms with E-state index in [1.165, 1.54) is 270 Å². The van der Waals surface area contributed by atoms with Crippen molar-refractivity contribution in [3.8, 4) is 0 Å². The molecule has 0 saturated heterocycles. The predicted molar refractivity (Wildman–Crippen MR) is 277 cm³/mol. The van der Waals surface area contributed by atoms with E-state index in [4.69, 9.17) is 9.47 Å². The molecule has 370 valence electrons. The lowest BCUT2D eigenvalue weighted by molar-refractivity contribution is -0.157. The zero-order valence-corrected chi connectivity index (χ0v) is 43.5. The number of carbonyl (C=O) groups excluding carboxylic acids is 2. The first-order chi connectivity index (χ1) is 30.6. The van der Waals surface area contributed by atoms with Crippen LogP contribution in [0.4, 0.5) is 0 Å². The first kappa shape index (κ1) is 61.3. The molecule has 0 bridgehead atoms. The third-order valence-electron chi connectivity index (χ3n) is 13.1. The van der Waals surface area contributed by atoms with E-state index in [0.717, 1.165) is 37.2 Å². The van der Waals surface area contributed by atoms with Crippen molar-refractivity contribution < 1.29 is 19.1 Å². The third-order valence-corrected chi connectivity index (χ3v) is 14.3. The van der Waals surface area contributed by atoms with E-state index in [-0.39, 0.29) is 24.6 Å². The fourth-order valence-electron chi connectivity index (χ4n) is 8.87. The molecule has 0 aromatic carbocycles. The van der Waals surface area contributed by atoms with Gasteiger partial charge in [-0.3, -0.25) is 9.59 Å². The molecular weight excluding hydrogens is 781 g/mol. The number of hydrogen-bond acceptors (Lipinski definition) is 5. The van der Waals surface area contributed by atoms with Crippen LogP contribution in [0.15, 0.2) is 0 Å². The summed E-state index contributed by atoms with van der Waals surface area (Å²) in [5.41, 5.74) is 0. The van der Waals surface area contributed by atoms with Crippen LogP contribution in [0, 0.1) is 0 Å². The molecule has 1 atom stereocenters. The monoisotopic (exact) mass is 893 g/mol. The maximum Gasteiger partial charge on any atom is 0.306 e. The van der Waals surface area contributed by atoms with Crippen molar-refractivity contribution in [3.63, 3.8) is 0 Å². The topological polar surface area (TPSA) is 52.6 Å². The van der Waals surface area contributed by atoms with Gasteiger partial charge in [0.1, 0.15) is 12.7 Å². The summed E-state index contributed by atoms with van der Waals surface area (Å²) in [6.45, 7) is 7.07. The highest BCUT2D eigenvalue weighted by Crippen LogP contribution is 2.19. The Morgan fingerprint density at radius 3 is 0.855 bits per heavy atom. The van der Waals surface area contributed by atoms with Gasteiger partial charge in [0.25, 0.3) is 0 Å². The number of ether oxygens (including phenoxy) is 2. The molecule has 0 amide bonds. The number of carbonyl (C=O) groups is 2. The van der Waals surface area contributed by atoms with E-state index >= 15 is 0 Å². The Bertz CT molecular complexity index is 864. The summed E-state index contributed by atoms with van der Waals surface area (Å²) in [4.78, 5) is 25.5. The van der Waals surface area contributed by atoms with Gasteiger partial charge in [0.05, 0.1) is 0 Å². The molecule has 5 heteroatoms. The molecule has 0 aromatic rings. The SMILES string of the molecule is CCCCCCCCCCCCCCCCCCSCC(COC(=O)CCCCCCCCCCCCCCCCC)OC(=O)CCCCCCCCCCCCCCCCC. The highest BCUT2D eigenvalue weighted by molar-refractivity contribution is 7.99. The van der Waals surface area contributed by atoms with Crippen molar-refractivity contribution in [1.29, 1.82) is 0 Å². The van der Waals surface area contributed by atoms with Gasteiger partial charge in [0.2, 0.25) is 0 Å². The van der Waals surface area contributed by atoms with Crippen LogP contribution in [-0.4, -0.2) is 36.2 Å². The molecule has 62 heavy (non-hydrogen) atoms. The fourth-order valence-corrected chi connectivity index (χ4v) is 9.87. The average molecular weight is 894 g/mol. The normalized spacial score (nSPS) is 12.0. The highest BCUT2D eigenvalue weighted by Gasteiger charge is 2.17. The van der Waals surface area contributed by atoms with Crippen LogP contribution in [0.2, 0.25) is 0 Å². The lowest BCUT2D eigenvalue weighted by atomic mass is 10.0. The molecule has 0 rings (SSSR count). The van der Waals surface area contributed by atoms with Crippen LogP contribution in [0.1, 0.15) is 329 Å². The van der Waals surface area contributed by atoms with E-state index in [1.807, 2.05) is 11.8 Å². The van der Waals surface area contributed by atoms with E-state index in [1.54, 1.807) is 0 Å². The number of unbranched alkanes of at least 4 members (excludes halogenated alkanes) is 43. The third kappa shape index (κ3) is 51.9. The van der Waals surface area contributed by atoms with E-state index < -0.39 is 0 Å². The molecule has 0 saturated carbocycles. The number of thioether (sulfide) groups is 1. The van der Waals surface area contributed by atoms with Gasteiger partial charge in [-0.25, -0.2) is 0 Å². The second-order valence-corrected chi connectivity index (χ2v) is 20.7. The molecule has 1 unspecified atom stereocenters. The largest absolute Gasteiger partial charge is 0.462 e. The molecule has 0 aliphatic heterocycles. The van der Waals surface area contributed by atoms with Crippen LogP contribution in [-0.2, 0) is 19.1 Å². The molecule has 0 N–H and O–H groups in total. The van der Waals surface area contributed by atoms with Crippen LogP contribution >= 0.6 is 11.8 Å². The molecule has 0 spiro atoms. The second-order valence-electron chi connectivity index (χ2n) is 19.6. The zero-order valence-electron chi connectivity index (χ0n) is 42.7. The maximum absolute atomic E-state index is 12.9. The molecule has 0 radical (unpaired) electrons. The number of esters is 2. The average Bonchev–Trinajstić information content (AvgIpc) is 3.27. The summed E-state index contributed by atoms with van der Waals surface area (Å²) in [5, 5.41) is 0. The standard InChI is InChI=1S/C57H112O4S/c1-4-7-10-13-16-19-22-25-28-31-34-37-40-43-46-49-52-62-54-55(61-57(59)51-48-45-42-39-36-33-30-27-24-21-18-15-12-9-6-3)53-60-56(58)50-47-44-41-38-35-32-29-26-23-20-17-14-11-8-5-2/h55H,4-54H2,1-3H3. The molecule has 0 aliphatic carbocycles. The Balaban J connectivity index is 4.18. The zero-order chi connectivity index (χ0) is 44.9. The van der Waals surface area contributed by atoms with Crippen LogP contribution in [0.25, 0.3) is 0 Å². The Labute approximate surface area is 394 Å². The Morgan fingerprint density at radius 2 is 0.565 bits per heavy atom. The molecule has 0 aliphatic rings. The van der Waals surface area contributed by atoms with Gasteiger partial charge in [0, 0.05) is 18.6 Å². The van der Waals surface area contributed by atoms with Crippen molar-refractivity contribution in [2.75, 3.05) is 18.1 Å². The van der Waals surface area contributed by atoms with Crippen molar-refractivity contribution in [2.45, 2.75) is 335 Å². The molecule has 0 fully saturated rings. The molecule has 4 nitrogen and oxygen atoms in total. The van der Waals surface area contributed by atoms with Gasteiger partial charge in [-0.1, -0.05) is 297 Å². The quantitative estimate of drug-likeness (QED) is 0.0450. The lowest BCUT2D eigenvalue weighted by Gasteiger charge is -2.18. The van der Waals surface area contributed by atoms with Gasteiger partial charge < -0.3 is 9.47 Å². The van der Waals surface area contributed by atoms with Crippen molar-refractivity contribution in [1.82, 2.24) is 0 Å². The fraction of sp³-hybridized carbons (Fsp3) is 0.965. The minimum Gasteiger partial charge on any atom is -0.462 e. The van der Waals surface area contributed by atoms with Gasteiger partial charge in [0.15, 0.2) is 0 Å². The van der Waals surface area contributed by atoms with Gasteiger partial charge in [-0.15, -0.1) is 0 Å². The summed E-state index contributed by atoms with van der Waals surface area (Å²) in [6, 6.07) is 0. The summed E-state index contributed by atoms with van der Waals surface area (Å²) in [6.07, 6.45) is 62.3. The minimum atomic E-state index is -0.338. The highest BCUT2D eigenvalue weighted by atomic mass is 32.2. The van der Waals surface area contributed by atoms with Gasteiger partial charge >= 0.3 is 11.9 Å². The van der Waals surface area contributed by atoms with Crippen molar-refractivity contribution in [2.24, 2.45) is 0 Å². The van der Waals surface area contributed by atoms with Crippen LogP contribution in [0.3, 0.4) is 0 Å². The van der Waals surface area contributed by atoms with Gasteiger partial charge in [-0.05, 0) is 25.0 Å². The summed E-state index contributed by atoms with van der Waals surface area (Å²) >= 11 is 1.86. The summed E-state index contributed by atoms with van der Waals surface area (Å²) in [7, 11) is 0. The van der Waals surface area contributed by atoms with E-state index in [9.17, 15) is 9.59 Å². The molecular formula is C57H112O4S. The summed E-state index contributed by atoms with van der Waals surface area (Å²) in [5.74, 6) is 1.55. The van der Waals surface area contributed by atoms with Crippen LogP contribution < -0.4 is 0 Å². The van der Waals surface area contributed by atoms with Gasteiger partial charge in [-0.2, -0.15) is 11.8 Å². The second kappa shape index (κ2) is 54.6. The van der Waals surface area contributed by atoms with E-state index in [2.05, 4.69) is 20.8 Å². The molecule has 0 heterocycles. The predicted octanol–water partition coefficient (Wildman–Crippen LogP) is 20.0. The van der Waals surface area contributed by atoms with Crippen LogP contribution in [0.5, 0.6) is 0 Å². The Hall–Kier alpha value is -0.710. The van der Waals surface area contributed by atoms with Crippen molar-refractivity contribution >= 4 is 23.7 Å². The number of hydrogen-bond donors (Lipinski definition) is 0. The Morgan fingerprint density at radius 1 is 0.323 bits per heavy atom. The lowest BCUT2D eigenvalue weighted by Crippen LogP contribution is -2.27. The minimum absolute atomic E-state index is 0.119. The Kier molecular flexibility index (Phi) is 54.0. The first-order valence-electron chi connectivity index (χ1n) is 28.6. The number of rotatable bonds is 54. The van der Waals surface area contributed by atoms with Crippen molar-refractivity contribution in [3.05, 3.63) is 0 Å². The first-order valence-corrected chi connectivity index (χ1v) is 29.7. The maximum atomic E-state index is 12.9. The summed E-state index contributed by atoms with van der Waals surface area (Å²) < 4.78 is 11.7. The smallest absolute Gasteiger partial charge is 0.306 e. The molecule has 0 aromatic heterocycles.